The summed E-state index contributed by atoms with van der Waals surface area (Å²) >= 11 is 6.40. The van der Waals surface area contributed by atoms with Gasteiger partial charge in [0.1, 0.15) is 5.52 Å². The van der Waals surface area contributed by atoms with E-state index in [9.17, 15) is 5.26 Å². The van der Waals surface area contributed by atoms with E-state index in [0.29, 0.717) is 24.2 Å². The van der Waals surface area contributed by atoms with Crippen molar-refractivity contribution in [2.75, 3.05) is 6.61 Å². The molecular formula is C28H24ClN3O. The maximum absolute atomic E-state index is 9.72. The molecule has 0 bridgehead atoms. The first-order valence-electron chi connectivity index (χ1n) is 11.2. The van der Waals surface area contributed by atoms with E-state index in [1.54, 1.807) is 0 Å². The lowest BCUT2D eigenvalue weighted by Gasteiger charge is -2.15. The third kappa shape index (κ3) is 3.79. The van der Waals surface area contributed by atoms with Gasteiger partial charge in [-0.15, -0.1) is 0 Å². The summed E-state index contributed by atoms with van der Waals surface area (Å²) in [5, 5.41) is 10.3. The van der Waals surface area contributed by atoms with Crippen LogP contribution in [-0.4, -0.2) is 16.2 Å². The van der Waals surface area contributed by atoms with Gasteiger partial charge >= 0.3 is 0 Å². The molecule has 1 aromatic heterocycles. The number of nitriles is 1. The lowest BCUT2D eigenvalue weighted by atomic mass is 9.90. The van der Waals surface area contributed by atoms with Crippen molar-refractivity contribution in [2.45, 2.75) is 33.2 Å². The van der Waals surface area contributed by atoms with Crippen LogP contribution in [0, 0.1) is 11.3 Å². The first-order valence-corrected chi connectivity index (χ1v) is 11.6. The summed E-state index contributed by atoms with van der Waals surface area (Å²) in [6, 6.07) is 23.8. The normalized spacial score (nSPS) is 14.2. The van der Waals surface area contributed by atoms with Crippen LogP contribution in [0.4, 0.5) is 0 Å². The van der Waals surface area contributed by atoms with E-state index in [0.717, 1.165) is 51.7 Å². The second-order valence-electron chi connectivity index (χ2n) is 8.28. The number of nitrogens with zero attached hydrogens (tertiary/aromatic N) is 3. The van der Waals surface area contributed by atoms with Crippen molar-refractivity contribution in [3.8, 4) is 12.1 Å². The van der Waals surface area contributed by atoms with Gasteiger partial charge in [0.2, 0.25) is 0 Å². The Morgan fingerprint density at radius 2 is 1.85 bits per heavy atom. The highest BCUT2D eigenvalue weighted by Gasteiger charge is 2.21. The maximum Gasteiger partial charge on any atom is 0.297 e. The lowest BCUT2D eigenvalue weighted by Crippen LogP contribution is -2.06. The number of aromatic nitrogens is 2. The van der Waals surface area contributed by atoms with Gasteiger partial charge in [-0.05, 0) is 66.6 Å². The summed E-state index contributed by atoms with van der Waals surface area (Å²) in [6.07, 6.45) is 1.87. The van der Waals surface area contributed by atoms with E-state index in [4.69, 9.17) is 16.3 Å². The summed E-state index contributed by atoms with van der Waals surface area (Å²) in [4.78, 5) is 4.64. The molecule has 5 rings (SSSR count). The van der Waals surface area contributed by atoms with Crippen molar-refractivity contribution in [1.82, 2.24) is 9.55 Å². The van der Waals surface area contributed by atoms with Crippen LogP contribution in [0.1, 0.15) is 41.7 Å². The molecule has 0 aliphatic heterocycles. The number of benzene rings is 3. The number of ether oxygens (including phenoxy) is 1. The molecule has 0 saturated heterocycles. The molecule has 0 saturated carbocycles. The molecule has 0 fully saturated rings. The fourth-order valence-electron chi connectivity index (χ4n) is 4.72. The van der Waals surface area contributed by atoms with Crippen LogP contribution in [0.25, 0.3) is 16.6 Å². The number of imidazole rings is 1. The maximum atomic E-state index is 9.72. The molecule has 0 spiro atoms. The number of hydrogen-bond donors (Lipinski definition) is 0. The molecule has 0 N–H and O–H groups in total. The molecule has 0 unspecified atom stereocenters. The first kappa shape index (κ1) is 21.3. The molecule has 0 radical (unpaired) electrons. The van der Waals surface area contributed by atoms with Gasteiger partial charge in [-0.2, -0.15) is 10.2 Å². The quantitative estimate of drug-likeness (QED) is 0.328. The fourth-order valence-corrected chi connectivity index (χ4v) is 4.93. The predicted molar refractivity (Wildman–Crippen MR) is 133 cm³/mol. The zero-order chi connectivity index (χ0) is 22.9. The fraction of sp³-hybridized carbons (Fsp3) is 0.214. The van der Waals surface area contributed by atoms with Gasteiger partial charge < -0.3 is 4.74 Å². The number of fused-ring (bicyclic) bond motifs is 3. The highest BCUT2D eigenvalue weighted by atomic mass is 35.5. The summed E-state index contributed by atoms with van der Waals surface area (Å²) in [5.41, 5.74) is 9.51. The molecule has 0 atom stereocenters. The van der Waals surface area contributed by atoms with Crippen LogP contribution < -0.4 is 4.74 Å². The molecule has 1 heterocycles. The van der Waals surface area contributed by atoms with Gasteiger partial charge in [-0.3, -0.25) is 4.57 Å². The summed E-state index contributed by atoms with van der Waals surface area (Å²) in [7, 11) is 0. The van der Waals surface area contributed by atoms with Crippen molar-refractivity contribution in [3.63, 3.8) is 0 Å². The Balaban J connectivity index is 1.60. The van der Waals surface area contributed by atoms with Gasteiger partial charge in [0, 0.05) is 11.1 Å². The van der Waals surface area contributed by atoms with Gasteiger partial charge in [-0.1, -0.05) is 60.1 Å². The van der Waals surface area contributed by atoms with Crippen LogP contribution in [0.3, 0.4) is 0 Å². The Bertz CT molecular complexity index is 1440. The highest BCUT2D eigenvalue weighted by Crippen LogP contribution is 2.36. The van der Waals surface area contributed by atoms with Gasteiger partial charge in [0.05, 0.1) is 29.8 Å². The van der Waals surface area contributed by atoms with Crippen molar-refractivity contribution in [3.05, 3.63) is 99.1 Å². The first-order chi connectivity index (χ1) is 16.1. The van der Waals surface area contributed by atoms with Crippen molar-refractivity contribution >= 4 is 28.2 Å². The van der Waals surface area contributed by atoms with Crippen LogP contribution >= 0.6 is 11.6 Å². The zero-order valence-corrected chi connectivity index (χ0v) is 19.5. The van der Waals surface area contributed by atoms with Crippen LogP contribution in [-0.2, 0) is 19.4 Å². The van der Waals surface area contributed by atoms with Crippen molar-refractivity contribution in [2.24, 2.45) is 0 Å². The minimum absolute atomic E-state index is 0.533. The Hall–Kier alpha value is -3.55. The zero-order valence-electron chi connectivity index (χ0n) is 18.7. The molecular weight excluding hydrogens is 430 g/mol. The standard InChI is InChI=1S/C28H24ClN3O/c1-3-33-28-31-27-24(29)9-6-10-25(27)32(28)17-19-11-14-23-21(15-19)13-12-20-7-4-5-8-22(20)26(23)18(2)16-30/h4-11,14-15H,3,12-13,17H2,1-2H3. The van der Waals surface area contributed by atoms with Gasteiger partial charge in [0.15, 0.2) is 0 Å². The number of rotatable bonds is 4. The van der Waals surface area contributed by atoms with E-state index >= 15 is 0 Å². The number of para-hydroxylation sites is 1. The molecule has 1 aliphatic rings. The molecule has 5 heteroatoms. The van der Waals surface area contributed by atoms with E-state index in [1.165, 1.54) is 11.1 Å². The molecule has 164 valence electrons. The second-order valence-corrected chi connectivity index (χ2v) is 8.69. The van der Waals surface area contributed by atoms with Gasteiger partial charge in [-0.25, -0.2) is 0 Å². The van der Waals surface area contributed by atoms with E-state index in [2.05, 4.69) is 52.0 Å². The molecule has 4 nitrogen and oxygen atoms in total. The third-order valence-corrected chi connectivity index (χ3v) is 6.55. The van der Waals surface area contributed by atoms with Crippen molar-refractivity contribution < 1.29 is 4.74 Å². The third-order valence-electron chi connectivity index (χ3n) is 6.24. The van der Waals surface area contributed by atoms with E-state index in [-0.39, 0.29) is 0 Å². The van der Waals surface area contributed by atoms with Crippen molar-refractivity contribution in [1.29, 1.82) is 5.26 Å². The lowest BCUT2D eigenvalue weighted by molar-refractivity contribution is 0.301. The molecule has 0 amide bonds. The number of hydrogen-bond acceptors (Lipinski definition) is 3. The van der Waals surface area contributed by atoms with Gasteiger partial charge in [0.25, 0.3) is 6.01 Å². The summed E-state index contributed by atoms with van der Waals surface area (Å²) in [6.45, 7) is 5.02. The number of allylic oxidation sites excluding steroid dienone is 1. The Labute approximate surface area is 198 Å². The Morgan fingerprint density at radius 1 is 1.06 bits per heavy atom. The van der Waals surface area contributed by atoms with E-state index < -0.39 is 0 Å². The second kappa shape index (κ2) is 8.77. The minimum Gasteiger partial charge on any atom is -0.465 e. The summed E-state index contributed by atoms with van der Waals surface area (Å²) in [5.74, 6) is 0. The Kier molecular flexibility index (Phi) is 5.66. The molecule has 33 heavy (non-hydrogen) atoms. The molecule has 1 aliphatic carbocycles. The average molecular weight is 454 g/mol. The number of halogens is 1. The smallest absolute Gasteiger partial charge is 0.297 e. The van der Waals surface area contributed by atoms with Crippen LogP contribution in [0.15, 0.2) is 66.2 Å². The highest BCUT2D eigenvalue weighted by molar-refractivity contribution is 6.34. The Morgan fingerprint density at radius 3 is 2.67 bits per heavy atom. The average Bonchev–Trinajstić information content (AvgIpc) is 3.08. The van der Waals surface area contributed by atoms with Crippen LogP contribution in [0.2, 0.25) is 5.02 Å². The minimum atomic E-state index is 0.533. The predicted octanol–water partition coefficient (Wildman–Crippen LogP) is 6.58. The van der Waals surface area contributed by atoms with E-state index in [1.807, 2.05) is 38.1 Å². The summed E-state index contributed by atoms with van der Waals surface area (Å²) < 4.78 is 7.92. The largest absolute Gasteiger partial charge is 0.465 e. The topological polar surface area (TPSA) is 50.8 Å². The SMILES string of the molecule is CCOc1nc2c(Cl)cccc2n1Cc1ccc2c(c1)CCc1ccccc1C2=C(C)C#N. The number of aryl methyl sites for hydroxylation is 2. The molecule has 4 aromatic rings. The molecule has 3 aromatic carbocycles. The monoisotopic (exact) mass is 453 g/mol. The van der Waals surface area contributed by atoms with Crippen LogP contribution in [0.5, 0.6) is 6.01 Å².